The Morgan fingerprint density at radius 1 is 1.22 bits per heavy atom. The molecule has 2 amide bonds. The normalized spacial score (nSPS) is 11.7. The lowest BCUT2D eigenvalue weighted by Gasteiger charge is -2.18. The molecule has 0 bridgehead atoms. The van der Waals surface area contributed by atoms with E-state index in [9.17, 15) is 14.4 Å². The number of amides is 2. The largest absolute Gasteiger partial charge is 0.467 e. The van der Waals surface area contributed by atoms with Crippen molar-refractivity contribution in [2.24, 2.45) is 5.92 Å². The van der Waals surface area contributed by atoms with Gasteiger partial charge in [0.25, 0.3) is 5.91 Å². The average Bonchev–Trinajstić information content (AvgIpc) is 2.53. The zero-order valence-electron chi connectivity index (χ0n) is 14.0. The third kappa shape index (κ3) is 6.10. The van der Waals surface area contributed by atoms with Crippen molar-refractivity contribution in [3.8, 4) is 0 Å². The minimum Gasteiger partial charge on any atom is -0.467 e. The molecule has 23 heavy (non-hydrogen) atoms. The van der Waals surface area contributed by atoms with Crippen LogP contribution in [0.5, 0.6) is 0 Å². The van der Waals surface area contributed by atoms with E-state index in [0.29, 0.717) is 24.1 Å². The van der Waals surface area contributed by atoms with Gasteiger partial charge in [-0.1, -0.05) is 26.8 Å². The third-order valence-electron chi connectivity index (χ3n) is 3.23. The van der Waals surface area contributed by atoms with Crippen LogP contribution < -0.4 is 10.6 Å². The molecule has 0 fully saturated rings. The molecule has 0 saturated carbocycles. The predicted octanol–water partition coefficient (Wildman–Crippen LogP) is 2.35. The van der Waals surface area contributed by atoms with Crippen molar-refractivity contribution in [1.82, 2.24) is 5.32 Å². The number of benzene rings is 1. The van der Waals surface area contributed by atoms with E-state index in [2.05, 4.69) is 10.6 Å². The number of carbonyl (C=O) groups excluding carboxylic acids is 3. The van der Waals surface area contributed by atoms with E-state index in [1.807, 2.05) is 13.8 Å². The SMILES string of the molecule is CCC(=O)Nc1cccc(C(=O)NC(CC(C)C)C(=O)OC)c1. The second-order valence-corrected chi connectivity index (χ2v) is 5.66. The third-order valence-corrected chi connectivity index (χ3v) is 3.23. The van der Waals surface area contributed by atoms with E-state index < -0.39 is 12.0 Å². The number of hydrogen-bond donors (Lipinski definition) is 2. The van der Waals surface area contributed by atoms with Gasteiger partial charge in [0.1, 0.15) is 6.04 Å². The molecule has 1 atom stereocenters. The molecule has 1 rings (SSSR count). The van der Waals surface area contributed by atoms with Gasteiger partial charge < -0.3 is 15.4 Å². The lowest BCUT2D eigenvalue weighted by Crippen LogP contribution is -2.42. The minimum absolute atomic E-state index is 0.130. The first-order valence-electron chi connectivity index (χ1n) is 7.66. The summed E-state index contributed by atoms with van der Waals surface area (Å²) in [5, 5.41) is 5.38. The maximum atomic E-state index is 12.3. The highest BCUT2D eigenvalue weighted by molar-refractivity contribution is 5.98. The van der Waals surface area contributed by atoms with Crippen molar-refractivity contribution in [2.45, 2.75) is 39.7 Å². The Morgan fingerprint density at radius 2 is 1.91 bits per heavy atom. The lowest BCUT2D eigenvalue weighted by molar-refractivity contribution is -0.143. The van der Waals surface area contributed by atoms with Gasteiger partial charge >= 0.3 is 5.97 Å². The van der Waals surface area contributed by atoms with Crippen LogP contribution in [0.4, 0.5) is 5.69 Å². The Hall–Kier alpha value is -2.37. The summed E-state index contributed by atoms with van der Waals surface area (Å²) in [5.74, 6) is -0.750. The van der Waals surface area contributed by atoms with Gasteiger partial charge in [-0.05, 0) is 30.5 Å². The Bertz CT molecular complexity index is 569. The van der Waals surface area contributed by atoms with Crippen LogP contribution in [-0.2, 0) is 14.3 Å². The summed E-state index contributed by atoms with van der Waals surface area (Å²) in [6.07, 6.45) is 0.847. The molecule has 6 nitrogen and oxygen atoms in total. The van der Waals surface area contributed by atoms with E-state index in [4.69, 9.17) is 4.74 Å². The van der Waals surface area contributed by atoms with Crippen molar-refractivity contribution in [2.75, 3.05) is 12.4 Å². The van der Waals surface area contributed by atoms with Gasteiger partial charge in [-0.3, -0.25) is 9.59 Å². The molecule has 0 aliphatic heterocycles. The molecule has 6 heteroatoms. The van der Waals surface area contributed by atoms with Crippen LogP contribution in [0.15, 0.2) is 24.3 Å². The fourth-order valence-electron chi connectivity index (χ4n) is 2.06. The molecule has 1 aromatic rings. The number of esters is 1. The topological polar surface area (TPSA) is 84.5 Å². The maximum absolute atomic E-state index is 12.3. The van der Waals surface area contributed by atoms with Gasteiger partial charge in [0, 0.05) is 17.7 Å². The molecule has 0 spiro atoms. The molecule has 0 radical (unpaired) electrons. The quantitative estimate of drug-likeness (QED) is 0.755. The van der Waals surface area contributed by atoms with Gasteiger partial charge in [0.05, 0.1) is 7.11 Å². The Kier molecular flexibility index (Phi) is 7.25. The van der Waals surface area contributed by atoms with Gasteiger partial charge in [-0.2, -0.15) is 0 Å². The molecule has 0 aromatic heterocycles. The maximum Gasteiger partial charge on any atom is 0.328 e. The molecule has 0 heterocycles. The summed E-state index contributed by atoms with van der Waals surface area (Å²) in [7, 11) is 1.29. The summed E-state index contributed by atoms with van der Waals surface area (Å²) in [5.41, 5.74) is 0.916. The van der Waals surface area contributed by atoms with Crippen molar-refractivity contribution >= 4 is 23.5 Å². The van der Waals surface area contributed by atoms with E-state index in [1.165, 1.54) is 7.11 Å². The lowest BCUT2D eigenvalue weighted by atomic mass is 10.0. The molecule has 0 aliphatic rings. The van der Waals surface area contributed by atoms with E-state index in [-0.39, 0.29) is 17.7 Å². The van der Waals surface area contributed by atoms with E-state index in [0.717, 1.165) is 0 Å². The molecular formula is C17H24N2O4. The van der Waals surface area contributed by atoms with Crippen LogP contribution >= 0.6 is 0 Å². The average molecular weight is 320 g/mol. The molecular weight excluding hydrogens is 296 g/mol. The summed E-state index contributed by atoms with van der Waals surface area (Å²) >= 11 is 0. The van der Waals surface area contributed by atoms with Crippen molar-refractivity contribution in [3.63, 3.8) is 0 Å². The Morgan fingerprint density at radius 3 is 2.48 bits per heavy atom. The van der Waals surface area contributed by atoms with Crippen LogP contribution in [0, 0.1) is 5.92 Å². The highest BCUT2D eigenvalue weighted by Gasteiger charge is 2.23. The van der Waals surface area contributed by atoms with Gasteiger partial charge in [0.15, 0.2) is 0 Å². The first-order valence-corrected chi connectivity index (χ1v) is 7.66. The summed E-state index contributed by atoms with van der Waals surface area (Å²) in [4.78, 5) is 35.5. The van der Waals surface area contributed by atoms with Gasteiger partial charge in [-0.15, -0.1) is 0 Å². The standard InChI is InChI=1S/C17H24N2O4/c1-5-15(20)18-13-8-6-7-12(10-13)16(21)19-14(9-11(2)3)17(22)23-4/h6-8,10-11,14H,5,9H2,1-4H3,(H,18,20)(H,19,21). The number of methoxy groups -OCH3 is 1. The molecule has 1 aromatic carbocycles. The zero-order valence-corrected chi connectivity index (χ0v) is 14.0. The second-order valence-electron chi connectivity index (χ2n) is 5.66. The monoisotopic (exact) mass is 320 g/mol. The number of ether oxygens (including phenoxy) is 1. The zero-order chi connectivity index (χ0) is 17.4. The summed E-state index contributed by atoms with van der Waals surface area (Å²) in [6.45, 7) is 5.67. The van der Waals surface area contributed by atoms with Gasteiger partial charge in [-0.25, -0.2) is 4.79 Å². The first kappa shape index (κ1) is 18.7. The number of hydrogen-bond acceptors (Lipinski definition) is 4. The van der Waals surface area contributed by atoms with Crippen LogP contribution in [0.1, 0.15) is 44.0 Å². The number of anilines is 1. The molecule has 1 unspecified atom stereocenters. The highest BCUT2D eigenvalue weighted by Crippen LogP contribution is 2.13. The van der Waals surface area contributed by atoms with Gasteiger partial charge in [0.2, 0.25) is 5.91 Å². The molecule has 126 valence electrons. The Balaban J connectivity index is 2.84. The second kappa shape index (κ2) is 8.92. The van der Waals surface area contributed by atoms with Crippen LogP contribution in [0.3, 0.4) is 0 Å². The fourth-order valence-corrected chi connectivity index (χ4v) is 2.06. The number of nitrogens with one attached hydrogen (secondary N) is 2. The summed E-state index contributed by atoms with van der Waals surface area (Å²) in [6, 6.07) is 5.89. The smallest absolute Gasteiger partial charge is 0.328 e. The van der Waals surface area contributed by atoms with Crippen molar-refractivity contribution < 1.29 is 19.1 Å². The highest BCUT2D eigenvalue weighted by atomic mass is 16.5. The van der Waals surface area contributed by atoms with E-state index in [1.54, 1.807) is 31.2 Å². The predicted molar refractivity (Wildman–Crippen MR) is 88.1 cm³/mol. The molecule has 2 N–H and O–H groups in total. The van der Waals surface area contributed by atoms with Crippen molar-refractivity contribution in [1.29, 1.82) is 0 Å². The Labute approximate surface area is 136 Å². The number of carbonyl (C=O) groups is 3. The molecule has 0 saturated heterocycles. The number of rotatable bonds is 7. The molecule has 0 aliphatic carbocycles. The van der Waals surface area contributed by atoms with Crippen LogP contribution in [0.2, 0.25) is 0 Å². The van der Waals surface area contributed by atoms with E-state index >= 15 is 0 Å². The first-order chi connectivity index (χ1) is 10.9. The fraction of sp³-hybridized carbons (Fsp3) is 0.471. The van der Waals surface area contributed by atoms with Crippen molar-refractivity contribution in [3.05, 3.63) is 29.8 Å². The summed E-state index contributed by atoms with van der Waals surface area (Å²) < 4.78 is 4.73. The minimum atomic E-state index is -0.693. The van der Waals surface area contributed by atoms with Crippen LogP contribution in [0.25, 0.3) is 0 Å². The van der Waals surface area contributed by atoms with Crippen LogP contribution in [-0.4, -0.2) is 30.9 Å².